The van der Waals surface area contributed by atoms with Crippen molar-refractivity contribution in [3.05, 3.63) is 0 Å². The van der Waals surface area contributed by atoms with Gasteiger partial charge in [0.2, 0.25) is 0 Å². The van der Waals surface area contributed by atoms with Gasteiger partial charge in [-0.05, 0) is 13.3 Å². The van der Waals surface area contributed by atoms with Crippen LogP contribution in [0.2, 0.25) is 0 Å². The Hall–Kier alpha value is -0.820. The van der Waals surface area contributed by atoms with Gasteiger partial charge < -0.3 is 15.3 Å². The first kappa shape index (κ1) is 14.7. The number of carboxylic acid groups (broad SMARTS) is 1. The molecule has 0 aliphatic rings. The highest BCUT2D eigenvalue weighted by Crippen LogP contribution is 2.13. The summed E-state index contributed by atoms with van der Waals surface area (Å²) in [6, 6.07) is 0. The maximum Gasteiger partial charge on any atom is 0.490 e. The molecule has 0 aliphatic heterocycles. The third-order valence-electron chi connectivity index (χ3n) is 0.789. The minimum Gasteiger partial charge on any atom is -0.475 e. The molecule has 0 bridgehead atoms. The number of halogens is 3. The molecule has 0 radical (unpaired) electrons. The van der Waals surface area contributed by atoms with Crippen molar-refractivity contribution in [1.29, 1.82) is 0 Å². The van der Waals surface area contributed by atoms with E-state index in [1.54, 1.807) is 6.92 Å². The zero-order valence-corrected chi connectivity index (χ0v) is 6.88. The van der Waals surface area contributed by atoms with Gasteiger partial charge in [-0.1, -0.05) is 0 Å². The second kappa shape index (κ2) is 6.67. The van der Waals surface area contributed by atoms with Crippen molar-refractivity contribution < 1.29 is 33.3 Å². The van der Waals surface area contributed by atoms with Gasteiger partial charge in [0.1, 0.15) is 0 Å². The van der Waals surface area contributed by atoms with E-state index in [9.17, 15) is 13.2 Å². The van der Waals surface area contributed by atoms with Crippen LogP contribution < -0.4 is 0 Å². The van der Waals surface area contributed by atoms with Crippen molar-refractivity contribution in [3.63, 3.8) is 0 Å². The maximum absolute atomic E-state index is 10.6. The van der Waals surface area contributed by atoms with E-state index in [-0.39, 0.29) is 12.7 Å². The van der Waals surface area contributed by atoms with Gasteiger partial charge in [0.05, 0.1) is 6.10 Å². The summed E-state index contributed by atoms with van der Waals surface area (Å²) in [6.07, 6.45) is -4.95. The zero-order valence-electron chi connectivity index (χ0n) is 6.88. The Morgan fingerprint density at radius 1 is 1.46 bits per heavy atom. The van der Waals surface area contributed by atoms with Gasteiger partial charge in [0.15, 0.2) is 0 Å². The summed E-state index contributed by atoms with van der Waals surface area (Å²) in [4.78, 5) is 8.90. The molecule has 0 aromatic rings. The average molecular weight is 204 g/mol. The molecular weight excluding hydrogens is 193 g/mol. The van der Waals surface area contributed by atoms with Crippen molar-refractivity contribution in [2.45, 2.75) is 25.6 Å². The quantitative estimate of drug-likeness (QED) is 0.607. The number of hydrogen-bond donors (Lipinski definition) is 3. The molecule has 0 aromatic carbocycles. The normalized spacial score (nSPS) is 12.8. The van der Waals surface area contributed by atoms with Crippen molar-refractivity contribution in [2.75, 3.05) is 6.61 Å². The predicted octanol–water partition coefficient (Wildman–Crippen LogP) is 0.383. The lowest BCUT2D eigenvalue weighted by atomic mass is 10.3. The molecule has 1 unspecified atom stereocenters. The van der Waals surface area contributed by atoms with Crippen molar-refractivity contribution in [3.8, 4) is 0 Å². The smallest absolute Gasteiger partial charge is 0.475 e. The molecule has 1 atom stereocenters. The van der Waals surface area contributed by atoms with Crippen LogP contribution in [0.1, 0.15) is 13.3 Å². The summed E-state index contributed by atoms with van der Waals surface area (Å²) in [5.74, 6) is -2.76. The summed E-state index contributed by atoms with van der Waals surface area (Å²) in [6.45, 7) is 1.73. The van der Waals surface area contributed by atoms with E-state index in [1.807, 2.05) is 0 Å². The summed E-state index contributed by atoms with van der Waals surface area (Å²) < 4.78 is 31.7. The fraction of sp³-hybridized carbons (Fsp3) is 0.833. The first-order valence-corrected chi connectivity index (χ1v) is 3.30. The second-order valence-corrected chi connectivity index (χ2v) is 2.16. The number of aliphatic hydroxyl groups excluding tert-OH is 2. The van der Waals surface area contributed by atoms with Gasteiger partial charge in [-0.3, -0.25) is 0 Å². The van der Waals surface area contributed by atoms with E-state index in [4.69, 9.17) is 20.1 Å². The molecule has 13 heavy (non-hydrogen) atoms. The van der Waals surface area contributed by atoms with Gasteiger partial charge in [0, 0.05) is 6.61 Å². The number of rotatable bonds is 2. The fourth-order valence-electron chi connectivity index (χ4n) is 0.187. The molecule has 0 heterocycles. The fourth-order valence-corrected chi connectivity index (χ4v) is 0.187. The van der Waals surface area contributed by atoms with E-state index >= 15 is 0 Å². The van der Waals surface area contributed by atoms with Crippen LogP contribution in [0, 0.1) is 0 Å². The molecule has 3 N–H and O–H groups in total. The van der Waals surface area contributed by atoms with E-state index in [2.05, 4.69) is 0 Å². The van der Waals surface area contributed by atoms with Crippen LogP contribution in [0.5, 0.6) is 0 Å². The molecule has 0 spiro atoms. The Kier molecular flexibility index (Phi) is 7.54. The van der Waals surface area contributed by atoms with Gasteiger partial charge in [-0.15, -0.1) is 0 Å². The number of aliphatic carboxylic acids is 1. The summed E-state index contributed by atoms with van der Waals surface area (Å²) in [5, 5.41) is 23.6. The third kappa shape index (κ3) is 14.1. The van der Waals surface area contributed by atoms with E-state index in [0.717, 1.165) is 0 Å². The zero-order chi connectivity index (χ0) is 11.1. The van der Waals surface area contributed by atoms with Crippen LogP contribution in [-0.2, 0) is 4.79 Å². The predicted molar refractivity (Wildman–Crippen MR) is 37.1 cm³/mol. The highest BCUT2D eigenvalue weighted by molar-refractivity contribution is 5.73. The molecule has 0 aliphatic carbocycles. The number of alkyl halides is 3. The third-order valence-corrected chi connectivity index (χ3v) is 0.789. The van der Waals surface area contributed by atoms with Gasteiger partial charge in [0.25, 0.3) is 0 Å². The maximum atomic E-state index is 10.6. The molecular formula is C6H11F3O4. The number of carboxylic acids is 1. The van der Waals surface area contributed by atoms with E-state index in [1.165, 1.54) is 0 Å². The highest BCUT2D eigenvalue weighted by atomic mass is 19.4. The Bertz CT molecular complexity index is 143. The first-order chi connectivity index (χ1) is 5.71. The molecule has 7 heteroatoms. The minimum atomic E-state index is -5.08. The molecule has 80 valence electrons. The largest absolute Gasteiger partial charge is 0.490 e. The average Bonchev–Trinajstić information content (AvgIpc) is 1.85. The van der Waals surface area contributed by atoms with Crippen molar-refractivity contribution in [1.82, 2.24) is 0 Å². The van der Waals surface area contributed by atoms with Crippen LogP contribution >= 0.6 is 0 Å². The van der Waals surface area contributed by atoms with Crippen LogP contribution in [0.15, 0.2) is 0 Å². The molecule has 0 aromatic heterocycles. The van der Waals surface area contributed by atoms with Crippen molar-refractivity contribution in [2.24, 2.45) is 0 Å². The van der Waals surface area contributed by atoms with E-state index < -0.39 is 12.1 Å². The lowest BCUT2D eigenvalue weighted by molar-refractivity contribution is -0.192. The summed E-state index contributed by atoms with van der Waals surface area (Å²) >= 11 is 0. The Labute approximate surface area is 72.6 Å². The standard InChI is InChI=1S/C4H10O2.C2HF3O2/c1-4(6)2-3-5;3-2(4,5)1(6)7/h4-6H,2-3H2,1H3;(H,6,7). The SMILES string of the molecule is CC(O)CCO.O=C(O)C(F)(F)F. The van der Waals surface area contributed by atoms with Crippen LogP contribution in [0.4, 0.5) is 13.2 Å². The Morgan fingerprint density at radius 2 is 1.77 bits per heavy atom. The molecule has 0 amide bonds. The topological polar surface area (TPSA) is 77.8 Å². The first-order valence-electron chi connectivity index (χ1n) is 3.30. The van der Waals surface area contributed by atoms with Gasteiger partial charge in [-0.25, -0.2) is 4.79 Å². The summed E-state index contributed by atoms with van der Waals surface area (Å²) in [5.41, 5.74) is 0. The van der Waals surface area contributed by atoms with Crippen molar-refractivity contribution >= 4 is 5.97 Å². The van der Waals surface area contributed by atoms with Crippen LogP contribution in [-0.4, -0.2) is 40.2 Å². The Balaban J connectivity index is 0. The lowest BCUT2D eigenvalue weighted by Gasteiger charge is -1.95. The highest BCUT2D eigenvalue weighted by Gasteiger charge is 2.38. The minimum absolute atomic E-state index is 0.0810. The number of carbonyl (C=O) groups is 1. The number of hydrogen-bond acceptors (Lipinski definition) is 3. The van der Waals surface area contributed by atoms with Gasteiger partial charge in [-0.2, -0.15) is 13.2 Å². The van der Waals surface area contributed by atoms with E-state index in [0.29, 0.717) is 6.42 Å². The molecule has 0 saturated heterocycles. The summed E-state index contributed by atoms with van der Waals surface area (Å²) in [7, 11) is 0. The monoisotopic (exact) mass is 204 g/mol. The van der Waals surface area contributed by atoms with Crippen LogP contribution in [0.25, 0.3) is 0 Å². The van der Waals surface area contributed by atoms with Crippen LogP contribution in [0.3, 0.4) is 0 Å². The second-order valence-electron chi connectivity index (χ2n) is 2.16. The molecule has 4 nitrogen and oxygen atoms in total. The molecule has 0 fully saturated rings. The molecule has 0 rings (SSSR count). The number of aliphatic hydroxyl groups is 2. The lowest BCUT2D eigenvalue weighted by Crippen LogP contribution is -2.21. The molecule has 0 saturated carbocycles. The Morgan fingerprint density at radius 3 is 1.77 bits per heavy atom. The van der Waals surface area contributed by atoms with Gasteiger partial charge >= 0.3 is 12.1 Å².